The molecule has 3 aromatic carbocycles. The molecule has 0 amide bonds. The SMILES string of the molecule is CC.CC(C)=C/C=C(\C)Oc1ccc(C2(c3ccc(Oc4ccc(C)cc4)cc3)CCC3(C)C(CCC4C3CCC3(C)C(C(C)CCCC(C)C)CCC43)C2)cc1. The van der Waals surface area contributed by atoms with E-state index in [1.54, 1.807) is 0 Å². The molecule has 0 spiro atoms. The Hall–Kier alpha value is -3.26. The van der Waals surface area contributed by atoms with Crippen LogP contribution in [0.1, 0.15) is 163 Å². The molecule has 9 atom stereocenters. The molecule has 0 N–H and O–H groups in total. The summed E-state index contributed by atoms with van der Waals surface area (Å²) in [6, 6.07) is 26.7. The zero-order valence-corrected chi connectivity index (χ0v) is 37.9. The number of rotatable bonds is 12. The van der Waals surface area contributed by atoms with Crippen LogP contribution in [0.5, 0.6) is 17.2 Å². The van der Waals surface area contributed by atoms with Gasteiger partial charge in [-0.2, -0.15) is 0 Å². The zero-order valence-electron chi connectivity index (χ0n) is 37.9. The van der Waals surface area contributed by atoms with Crippen molar-refractivity contribution in [3.8, 4) is 17.2 Å². The minimum absolute atomic E-state index is 0.0298. The van der Waals surface area contributed by atoms with Gasteiger partial charge in [0.15, 0.2) is 0 Å². The van der Waals surface area contributed by atoms with E-state index < -0.39 is 0 Å². The molecule has 0 saturated heterocycles. The predicted molar refractivity (Wildman–Crippen MR) is 243 cm³/mol. The minimum atomic E-state index is -0.0298. The van der Waals surface area contributed by atoms with E-state index in [1.807, 2.05) is 20.8 Å². The molecule has 2 nitrogen and oxygen atoms in total. The standard InChI is InChI=1S/C53H72O2.C2H6/c1-36(2)11-10-12-39(6)48-29-30-49-47-28-21-43-35-53(34-33-51(43,8)50(47)31-32-52(48,49)9,41-17-24-44(25-18-41)54-40(7)16-13-37(3)4)42-19-26-46(27-20-42)55-45-22-14-38(5)15-23-45;1-2/h13-20,22-27,36,39,43,47-50H,10-12,21,28-35H2,1-9H3;1-2H3/b40-16+;. The van der Waals surface area contributed by atoms with Crippen LogP contribution >= 0.6 is 0 Å². The number of fused-ring (bicyclic) bond motifs is 5. The van der Waals surface area contributed by atoms with Crippen molar-refractivity contribution in [1.29, 1.82) is 0 Å². The van der Waals surface area contributed by atoms with Crippen LogP contribution in [0.15, 0.2) is 96.3 Å². The first-order valence-corrected chi connectivity index (χ1v) is 23.3. The van der Waals surface area contributed by atoms with Gasteiger partial charge in [-0.05, 0) is 191 Å². The highest BCUT2D eigenvalue weighted by Gasteiger charge is 2.62. The summed E-state index contributed by atoms with van der Waals surface area (Å²) in [5, 5.41) is 0. The topological polar surface area (TPSA) is 18.5 Å². The number of benzene rings is 3. The van der Waals surface area contributed by atoms with Gasteiger partial charge in [0.05, 0.1) is 0 Å². The van der Waals surface area contributed by atoms with E-state index in [-0.39, 0.29) is 5.41 Å². The molecule has 7 rings (SSSR count). The first-order valence-electron chi connectivity index (χ1n) is 23.3. The molecule has 3 aromatic rings. The fraction of sp³-hybridized carbons (Fsp3) is 0.600. The Bertz CT molecular complexity index is 1790. The van der Waals surface area contributed by atoms with Gasteiger partial charge < -0.3 is 9.47 Å². The lowest BCUT2D eigenvalue weighted by Crippen LogP contribution is -2.55. The van der Waals surface area contributed by atoms with Gasteiger partial charge in [-0.25, -0.2) is 0 Å². The van der Waals surface area contributed by atoms with Crippen molar-refractivity contribution in [1.82, 2.24) is 0 Å². The van der Waals surface area contributed by atoms with Crippen LogP contribution < -0.4 is 9.47 Å². The van der Waals surface area contributed by atoms with Crippen LogP contribution in [0.25, 0.3) is 0 Å². The third-order valence-corrected chi connectivity index (χ3v) is 16.0. The Morgan fingerprint density at radius 1 is 0.667 bits per heavy atom. The van der Waals surface area contributed by atoms with Gasteiger partial charge in [-0.3, -0.25) is 0 Å². The summed E-state index contributed by atoms with van der Waals surface area (Å²) in [7, 11) is 0. The maximum atomic E-state index is 6.33. The molecule has 0 aliphatic heterocycles. The summed E-state index contributed by atoms with van der Waals surface area (Å²) in [6.07, 6.45) is 20.8. The van der Waals surface area contributed by atoms with Gasteiger partial charge in [0, 0.05) is 5.41 Å². The fourth-order valence-electron chi connectivity index (χ4n) is 12.9. The molecule has 4 aliphatic carbocycles. The number of hydrogen-bond donors (Lipinski definition) is 0. The van der Waals surface area contributed by atoms with Crippen molar-refractivity contribution < 1.29 is 9.47 Å². The van der Waals surface area contributed by atoms with Crippen molar-refractivity contribution in [2.24, 2.45) is 52.3 Å². The third-order valence-electron chi connectivity index (χ3n) is 16.0. The number of hydrogen-bond acceptors (Lipinski definition) is 2. The zero-order chi connectivity index (χ0) is 41.0. The summed E-state index contributed by atoms with van der Waals surface area (Å²) in [4.78, 5) is 0. The Kier molecular flexibility index (Phi) is 13.9. The Morgan fingerprint density at radius 3 is 1.88 bits per heavy atom. The van der Waals surface area contributed by atoms with Crippen LogP contribution in [0, 0.1) is 59.2 Å². The Balaban J connectivity index is 0.00000270. The number of aryl methyl sites for hydroxylation is 1. The molecule has 0 bridgehead atoms. The van der Waals surface area contributed by atoms with Crippen molar-refractivity contribution in [3.63, 3.8) is 0 Å². The molecule has 4 aliphatic rings. The second-order valence-electron chi connectivity index (χ2n) is 20.1. The molecule has 4 saturated carbocycles. The van der Waals surface area contributed by atoms with Gasteiger partial charge in [0.1, 0.15) is 23.0 Å². The molecule has 0 radical (unpaired) electrons. The lowest BCUT2D eigenvalue weighted by molar-refractivity contribution is -0.122. The van der Waals surface area contributed by atoms with E-state index in [1.165, 1.54) is 99.3 Å². The predicted octanol–water partition coefficient (Wildman–Crippen LogP) is 16.5. The molecular weight excluding hydrogens is 693 g/mol. The van der Waals surface area contributed by atoms with E-state index in [9.17, 15) is 0 Å². The highest BCUT2D eigenvalue weighted by molar-refractivity contribution is 5.45. The monoisotopic (exact) mass is 771 g/mol. The molecule has 0 heterocycles. The van der Waals surface area contributed by atoms with E-state index in [2.05, 4.69) is 140 Å². The maximum absolute atomic E-state index is 6.33. The van der Waals surface area contributed by atoms with E-state index in [0.717, 1.165) is 64.4 Å². The van der Waals surface area contributed by atoms with E-state index >= 15 is 0 Å². The first-order chi connectivity index (χ1) is 27.3. The average Bonchev–Trinajstić information content (AvgIpc) is 3.56. The van der Waals surface area contributed by atoms with Crippen LogP contribution in [0.4, 0.5) is 0 Å². The van der Waals surface area contributed by atoms with Crippen molar-refractivity contribution in [2.75, 3.05) is 0 Å². The minimum Gasteiger partial charge on any atom is -0.462 e. The molecule has 2 heteroatoms. The Morgan fingerprint density at radius 2 is 1.26 bits per heavy atom. The molecule has 57 heavy (non-hydrogen) atoms. The normalized spacial score (nSPS) is 31.2. The second kappa shape index (κ2) is 18.3. The van der Waals surface area contributed by atoms with Crippen molar-refractivity contribution in [3.05, 3.63) is 113 Å². The maximum Gasteiger partial charge on any atom is 0.127 e. The second-order valence-corrected chi connectivity index (χ2v) is 20.1. The third kappa shape index (κ3) is 9.16. The first kappa shape index (κ1) is 43.3. The number of allylic oxidation sites excluding steroid dienone is 4. The summed E-state index contributed by atoms with van der Waals surface area (Å²) in [6.45, 7) is 25.3. The molecular formula is C55H78O2. The molecule has 310 valence electrons. The Labute approximate surface area is 349 Å². The largest absolute Gasteiger partial charge is 0.462 e. The van der Waals surface area contributed by atoms with E-state index in [4.69, 9.17) is 9.47 Å². The summed E-state index contributed by atoms with van der Waals surface area (Å²) >= 11 is 0. The molecule has 0 aromatic heterocycles. The lowest BCUT2D eigenvalue weighted by atomic mass is 9.42. The average molecular weight is 771 g/mol. The number of ether oxygens (including phenoxy) is 2. The lowest BCUT2D eigenvalue weighted by Gasteiger charge is -2.63. The van der Waals surface area contributed by atoms with Crippen LogP contribution in [0.2, 0.25) is 0 Å². The molecule has 9 unspecified atom stereocenters. The van der Waals surface area contributed by atoms with Crippen molar-refractivity contribution in [2.45, 2.75) is 159 Å². The summed E-state index contributed by atoms with van der Waals surface area (Å²) < 4.78 is 12.6. The van der Waals surface area contributed by atoms with Crippen LogP contribution in [-0.2, 0) is 5.41 Å². The smallest absolute Gasteiger partial charge is 0.127 e. The van der Waals surface area contributed by atoms with E-state index in [0.29, 0.717) is 10.8 Å². The summed E-state index contributed by atoms with van der Waals surface area (Å²) in [5.74, 6) is 9.68. The van der Waals surface area contributed by atoms with Crippen molar-refractivity contribution >= 4 is 0 Å². The van der Waals surface area contributed by atoms with Gasteiger partial charge in [-0.1, -0.05) is 121 Å². The quantitative estimate of drug-likeness (QED) is 0.135. The fourth-order valence-corrected chi connectivity index (χ4v) is 12.9. The summed E-state index contributed by atoms with van der Waals surface area (Å²) in [5.41, 5.74) is 6.31. The van der Waals surface area contributed by atoms with Gasteiger partial charge in [0.25, 0.3) is 0 Å². The van der Waals surface area contributed by atoms with Gasteiger partial charge >= 0.3 is 0 Å². The van der Waals surface area contributed by atoms with Crippen LogP contribution in [-0.4, -0.2) is 0 Å². The highest BCUT2D eigenvalue weighted by Crippen LogP contribution is 2.70. The van der Waals surface area contributed by atoms with Gasteiger partial charge in [0.2, 0.25) is 0 Å². The molecule has 4 fully saturated rings. The van der Waals surface area contributed by atoms with Crippen LogP contribution in [0.3, 0.4) is 0 Å². The highest BCUT2D eigenvalue weighted by atomic mass is 16.5. The van der Waals surface area contributed by atoms with Gasteiger partial charge in [-0.15, -0.1) is 0 Å².